The van der Waals surface area contributed by atoms with Gasteiger partial charge in [0.15, 0.2) is 0 Å². The summed E-state index contributed by atoms with van der Waals surface area (Å²) in [6.07, 6.45) is 0.780. The number of carboxylic acids is 1. The van der Waals surface area contributed by atoms with Gasteiger partial charge in [-0.2, -0.15) is 0 Å². The van der Waals surface area contributed by atoms with Crippen LogP contribution in [0.4, 0.5) is 4.79 Å². The predicted molar refractivity (Wildman–Crippen MR) is 57.2 cm³/mol. The molecule has 0 aromatic carbocycles. The molecule has 0 bridgehead atoms. The lowest BCUT2D eigenvalue weighted by Crippen LogP contribution is -2.50. The molecule has 6 nitrogen and oxygen atoms in total. The van der Waals surface area contributed by atoms with Gasteiger partial charge < -0.3 is 20.1 Å². The van der Waals surface area contributed by atoms with Crippen LogP contribution in [0, 0.1) is 0 Å². The smallest absolute Gasteiger partial charge is 0.325 e. The number of likely N-dealkylation sites (N-methyl/N-ethyl adjacent to an activating group) is 1. The number of aliphatic carboxylic acids is 1. The quantitative estimate of drug-likeness (QED) is 0.729. The first-order chi connectivity index (χ1) is 7.43. The Morgan fingerprint density at radius 3 is 2.62 bits per heavy atom. The molecule has 2 N–H and O–H groups in total. The van der Waals surface area contributed by atoms with Gasteiger partial charge in [-0.1, -0.05) is 0 Å². The number of ether oxygens (including phenoxy) is 1. The zero-order valence-corrected chi connectivity index (χ0v) is 9.77. The van der Waals surface area contributed by atoms with E-state index in [0.29, 0.717) is 6.61 Å². The topological polar surface area (TPSA) is 78.9 Å². The number of hydrogen-bond donors (Lipinski definition) is 2. The lowest BCUT2D eigenvalue weighted by Gasteiger charge is -2.27. The van der Waals surface area contributed by atoms with Gasteiger partial charge in [0.25, 0.3) is 0 Å². The number of carbonyl (C=O) groups excluding carboxylic acids is 1. The average molecular weight is 230 g/mol. The maximum absolute atomic E-state index is 11.7. The number of amides is 2. The van der Waals surface area contributed by atoms with Crippen molar-refractivity contribution in [2.75, 3.05) is 13.7 Å². The first kappa shape index (κ1) is 12.8. The minimum Gasteiger partial charge on any atom is -0.480 e. The van der Waals surface area contributed by atoms with Crippen molar-refractivity contribution in [2.24, 2.45) is 0 Å². The molecule has 2 amide bonds. The molecule has 0 aromatic rings. The van der Waals surface area contributed by atoms with Crippen molar-refractivity contribution in [1.29, 1.82) is 0 Å². The molecule has 0 saturated carbocycles. The molecular weight excluding hydrogens is 212 g/mol. The Balaban J connectivity index is 2.50. The third-order valence-electron chi connectivity index (χ3n) is 2.86. The second-order valence-corrected chi connectivity index (χ2v) is 4.05. The molecule has 0 aromatic heterocycles. The molecule has 6 heteroatoms. The van der Waals surface area contributed by atoms with E-state index in [2.05, 4.69) is 5.32 Å². The van der Waals surface area contributed by atoms with Crippen LogP contribution in [0.3, 0.4) is 0 Å². The summed E-state index contributed by atoms with van der Waals surface area (Å²) in [5, 5.41) is 11.1. The van der Waals surface area contributed by atoms with Crippen molar-refractivity contribution in [3.63, 3.8) is 0 Å². The number of carboxylic acid groups (broad SMARTS) is 1. The third kappa shape index (κ3) is 2.85. The average Bonchev–Trinajstić information content (AvgIpc) is 2.62. The summed E-state index contributed by atoms with van der Waals surface area (Å²) in [7, 11) is 1.65. The standard InChI is InChI=1S/C10H18N2O4/c1-6(9(13)14)11-10(15)12(3)8-4-5-16-7(8)2/h6-8H,4-5H2,1-3H3,(H,11,15)(H,13,14)/t6-,7?,8?/m0/s1. The fourth-order valence-corrected chi connectivity index (χ4v) is 1.73. The molecule has 1 aliphatic rings. The molecule has 2 unspecified atom stereocenters. The van der Waals surface area contributed by atoms with E-state index in [-0.39, 0.29) is 18.2 Å². The summed E-state index contributed by atoms with van der Waals surface area (Å²) in [6.45, 7) is 3.97. The van der Waals surface area contributed by atoms with E-state index in [0.717, 1.165) is 6.42 Å². The van der Waals surface area contributed by atoms with Gasteiger partial charge >= 0.3 is 12.0 Å². The molecule has 16 heavy (non-hydrogen) atoms. The second-order valence-electron chi connectivity index (χ2n) is 4.05. The monoisotopic (exact) mass is 230 g/mol. The Kier molecular flexibility index (Phi) is 4.12. The van der Waals surface area contributed by atoms with E-state index in [1.165, 1.54) is 11.8 Å². The highest BCUT2D eigenvalue weighted by molar-refractivity contribution is 5.82. The summed E-state index contributed by atoms with van der Waals surface area (Å²) in [5.74, 6) is -1.04. The number of hydrogen-bond acceptors (Lipinski definition) is 3. The largest absolute Gasteiger partial charge is 0.480 e. The maximum atomic E-state index is 11.7. The van der Waals surface area contributed by atoms with Crippen molar-refractivity contribution in [1.82, 2.24) is 10.2 Å². The normalized spacial score (nSPS) is 26.2. The molecule has 1 saturated heterocycles. The molecule has 1 aliphatic heterocycles. The van der Waals surface area contributed by atoms with Crippen LogP contribution in [0.1, 0.15) is 20.3 Å². The zero-order chi connectivity index (χ0) is 12.3. The molecule has 0 radical (unpaired) electrons. The SMILES string of the molecule is CC1OCCC1N(C)C(=O)N[C@@H](C)C(=O)O. The Morgan fingerprint density at radius 2 is 2.19 bits per heavy atom. The van der Waals surface area contributed by atoms with Gasteiger partial charge in [-0.3, -0.25) is 4.79 Å². The van der Waals surface area contributed by atoms with Crippen molar-refractivity contribution in [2.45, 2.75) is 38.5 Å². The van der Waals surface area contributed by atoms with Crippen molar-refractivity contribution < 1.29 is 19.4 Å². The van der Waals surface area contributed by atoms with E-state index in [1.54, 1.807) is 7.05 Å². The molecule has 92 valence electrons. The lowest BCUT2D eigenvalue weighted by molar-refractivity contribution is -0.138. The molecule has 1 fully saturated rings. The Hall–Kier alpha value is -1.30. The van der Waals surface area contributed by atoms with Crippen LogP contribution in [0.5, 0.6) is 0 Å². The van der Waals surface area contributed by atoms with Gasteiger partial charge in [-0.05, 0) is 20.3 Å². The Morgan fingerprint density at radius 1 is 1.56 bits per heavy atom. The van der Waals surface area contributed by atoms with Crippen LogP contribution in [-0.4, -0.2) is 53.8 Å². The van der Waals surface area contributed by atoms with Crippen LogP contribution in [-0.2, 0) is 9.53 Å². The number of urea groups is 1. The van der Waals surface area contributed by atoms with Gasteiger partial charge in [0, 0.05) is 13.7 Å². The Bertz CT molecular complexity index is 282. The van der Waals surface area contributed by atoms with Gasteiger partial charge in [0.2, 0.25) is 0 Å². The molecular formula is C10H18N2O4. The van der Waals surface area contributed by atoms with E-state index in [1.807, 2.05) is 6.92 Å². The molecule has 0 aliphatic carbocycles. The number of nitrogens with one attached hydrogen (secondary N) is 1. The summed E-state index contributed by atoms with van der Waals surface area (Å²) in [5.41, 5.74) is 0. The molecule has 3 atom stereocenters. The second kappa shape index (κ2) is 5.16. The fraction of sp³-hybridized carbons (Fsp3) is 0.800. The van der Waals surface area contributed by atoms with Gasteiger partial charge in [-0.25, -0.2) is 4.79 Å². The number of carbonyl (C=O) groups is 2. The van der Waals surface area contributed by atoms with Gasteiger partial charge in [0.05, 0.1) is 12.1 Å². The summed E-state index contributed by atoms with van der Waals surface area (Å²) in [6, 6.07) is -1.24. The highest BCUT2D eigenvalue weighted by atomic mass is 16.5. The number of nitrogens with zero attached hydrogens (tertiary/aromatic N) is 1. The van der Waals surface area contributed by atoms with E-state index < -0.39 is 12.0 Å². The summed E-state index contributed by atoms with van der Waals surface area (Å²) >= 11 is 0. The minimum atomic E-state index is -1.04. The van der Waals surface area contributed by atoms with Crippen molar-refractivity contribution in [3.8, 4) is 0 Å². The summed E-state index contributed by atoms with van der Waals surface area (Å²) in [4.78, 5) is 23.8. The predicted octanol–water partition coefficient (Wildman–Crippen LogP) is 0.278. The molecule has 0 spiro atoms. The first-order valence-electron chi connectivity index (χ1n) is 5.31. The van der Waals surface area contributed by atoms with Gasteiger partial charge in [0.1, 0.15) is 6.04 Å². The molecule has 1 heterocycles. The van der Waals surface area contributed by atoms with Crippen molar-refractivity contribution >= 4 is 12.0 Å². The van der Waals surface area contributed by atoms with Crippen LogP contribution < -0.4 is 5.32 Å². The van der Waals surface area contributed by atoms with Crippen LogP contribution >= 0.6 is 0 Å². The highest BCUT2D eigenvalue weighted by Crippen LogP contribution is 2.18. The van der Waals surface area contributed by atoms with Crippen LogP contribution in [0.25, 0.3) is 0 Å². The van der Waals surface area contributed by atoms with E-state index >= 15 is 0 Å². The molecule has 1 rings (SSSR count). The van der Waals surface area contributed by atoms with E-state index in [9.17, 15) is 9.59 Å². The lowest BCUT2D eigenvalue weighted by atomic mass is 10.1. The minimum absolute atomic E-state index is 0.00381. The zero-order valence-electron chi connectivity index (χ0n) is 9.77. The maximum Gasteiger partial charge on any atom is 0.325 e. The van der Waals surface area contributed by atoms with Crippen molar-refractivity contribution in [3.05, 3.63) is 0 Å². The first-order valence-corrected chi connectivity index (χ1v) is 5.31. The van der Waals surface area contributed by atoms with Gasteiger partial charge in [-0.15, -0.1) is 0 Å². The highest BCUT2D eigenvalue weighted by Gasteiger charge is 2.31. The third-order valence-corrected chi connectivity index (χ3v) is 2.86. The fourth-order valence-electron chi connectivity index (χ4n) is 1.73. The van der Waals surface area contributed by atoms with E-state index in [4.69, 9.17) is 9.84 Å². The van der Waals surface area contributed by atoms with Crippen LogP contribution in [0.2, 0.25) is 0 Å². The summed E-state index contributed by atoms with van der Waals surface area (Å²) < 4.78 is 5.35. The Labute approximate surface area is 94.6 Å². The number of rotatable bonds is 3. The van der Waals surface area contributed by atoms with Crippen LogP contribution in [0.15, 0.2) is 0 Å².